The number of carbonyl (C=O) groups excluding carboxylic acids is 1. The Balaban J connectivity index is 0.00000729. The van der Waals surface area contributed by atoms with Gasteiger partial charge in [0.15, 0.2) is 0 Å². The summed E-state index contributed by atoms with van der Waals surface area (Å²) in [4.78, 5) is 12.8. The predicted molar refractivity (Wildman–Crippen MR) is 121 cm³/mol. The molecule has 3 heteroatoms. The second-order valence-electron chi connectivity index (χ2n) is 7.98. The van der Waals surface area contributed by atoms with Crippen LogP contribution in [0.25, 0.3) is 0 Å². The van der Waals surface area contributed by atoms with Crippen molar-refractivity contribution in [3.8, 4) is 0 Å². The van der Waals surface area contributed by atoms with Crippen LogP contribution >= 0.6 is 0 Å². The number of hydrogen-bond donors (Lipinski definition) is 1. The van der Waals surface area contributed by atoms with Gasteiger partial charge in [-0.15, -0.1) is 0 Å². The summed E-state index contributed by atoms with van der Waals surface area (Å²) in [6.07, 6.45) is 16.0. The van der Waals surface area contributed by atoms with E-state index in [0.717, 1.165) is 31.2 Å². The lowest BCUT2D eigenvalue weighted by Gasteiger charge is -2.29. The van der Waals surface area contributed by atoms with Gasteiger partial charge in [0.1, 0.15) is 6.61 Å². The van der Waals surface area contributed by atoms with Crippen LogP contribution < -0.4 is 6.15 Å². The van der Waals surface area contributed by atoms with E-state index in [1.807, 2.05) is 30.3 Å². The summed E-state index contributed by atoms with van der Waals surface area (Å²) in [5, 5.41) is 0. The third kappa shape index (κ3) is 10.3. The quantitative estimate of drug-likeness (QED) is 0.229. The van der Waals surface area contributed by atoms with Crippen LogP contribution in [0.5, 0.6) is 0 Å². The Hall–Kier alpha value is -1.35. The largest absolute Gasteiger partial charge is 0.460 e. The maximum atomic E-state index is 12.8. The van der Waals surface area contributed by atoms with Crippen LogP contribution in [0.1, 0.15) is 110 Å². The van der Waals surface area contributed by atoms with Crippen LogP contribution in [0.3, 0.4) is 0 Å². The minimum Gasteiger partial charge on any atom is -0.460 e. The van der Waals surface area contributed by atoms with Gasteiger partial charge in [-0.1, -0.05) is 115 Å². The van der Waals surface area contributed by atoms with Crippen molar-refractivity contribution < 1.29 is 9.53 Å². The zero-order chi connectivity index (χ0) is 19.8. The molecule has 1 aromatic rings. The molecule has 0 atom stereocenters. The number of benzene rings is 1. The lowest BCUT2D eigenvalue weighted by Crippen LogP contribution is -2.31. The average molecular weight is 392 g/mol. The fourth-order valence-corrected chi connectivity index (χ4v) is 3.82. The van der Waals surface area contributed by atoms with Gasteiger partial charge in [-0.3, -0.25) is 4.79 Å². The monoisotopic (exact) mass is 391 g/mol. The van der Waals surface area contributed by atoms with Crippen LogP contribution in [0.4, 0.5) is 0 Å². The van der Waals surface area contributed by atoms with Crippen molar-refractivity contribution in [1.82, 2.24) is 6.15 Å². The molecule has 0 unspecified atom stereocenters. The van der Waals surface area contributed by atoms with E-state index in [4.69, 9.17) is 4.74 Å². The molecule has 0 bridgehead atoms. The Morgan fingerprint density at radius 2 is 1.29 bits per heavy atom. The Morgan fingerprint density at radius 1 is 0.786 bits per heavy atom. The Bertz CT molecular complexity index is 483. The first-order valence-electron chi connectivity index (χ1n) is 11.4. The van der Waals surface area contributed by atoms with Crippen molar-refractivity contribution in [1.29, 1.82) is 0 Å². The van der Waals surface area contributed by atoms with Crippen molar-refractivity contribution in [2.45, 2.75) is 111 Å². The highest BCUT2D eigenvalue weighted by molar-refractivity contribution is 5.76. The van der Waals surface area contributed by atoms with E-state index in [0.29, 0.717) is 6.61 Å². The van der Waals surface area contributed by atoms with Gasteiger partial charge in [0, 0.05) is 0 Å². The highest BCUT2D eigenvalue weighted by Crippen LogP contribution is 2.35. The summed E-state index contributed by atoms with van der Waals surface area (Å²) >= 11 is 0. The van der Waals surface area contributed by atoms with Crippen molar-refractivity contribution in [2.24, 2.45) is 5.41 Å². The molecular weight excluding hydrogens is 346 g/mol. The Labute approximate surface area is 174 Å². The van der Waals surface area contributed by atoms with Gasteiger partial charge in [-0.05, 0) is 24.8 Å². The number of rotatable bonds is 16. The normalized spacial score (nSPS) is 11.1. The third-order valence-corrected chi connectivity index (χ3v) is 6.01. The highest BCUT2D eigenvalue weighted by Gasteiger charge is 2.35. The van der Waals surface area contributed by atoms with Gasteiger partial charge >= 0.3 is 5.97 Å². The minimum atomic E-state index is -0.297. The molecule has 0 saturated carbocycles. The number of ether oxygens (including phenoxy) is 1. The van der Waals surface area contributed by atoms with Gasteiger partial charge in [-0.2, -0.15) is 0 Å². The molecule has 0 aromatic heterocycles. The Kier molecular flexibility index (Phi) is 15.8. The van der Waals surface area contributed by atoms with Crippen LogP contribution in [-0.4, -0.2) is 5.97 Å². The van der Waals surface area contributed by atoms with E-state index in [9.17, 15) is 4.79 Å². The fourth-order valence-electron chi connectivity index (χ4n) is 3.82. The molecule has 1 aromatic carbocycles. The molecule has 162 valence electrons. The molecule has 1 rings (SSSR count). The van der Waals surface area contributed by atoms with Crippen molar-refractivity contribution >= 4 is 5.97 Å². The van der Waals surface area contributed by atoms with E-state index < -0.39 is 0 Å². The van der Waals surface area contributed by atoms with Gasteiger partial charge in [0.2, 0.25) is 0 Å². The predicted octanol–water partition coefficient (Wildman–Crippen LogP) is 8.01. The molecule has 0 aliphatic rings. The maximum absolute atomic E-state index is 12.8. The van der Waals surface area contributed by atoms with Crippen LogP contribution in [0.15, 0.2) is 30.3 Å². The van der Waals surface area contributed by atoms with Gasteiger partial charge < -0.3 is 10.9 Å². The molecule has 0 heterocycles. The van der Waals surface area contributed by atoms with E-state index in [1.165, 1.54) is 57.8 Å². The molecule has 0 fully saturated rings. The van der Waals surface area contributed by atoms with Crippen molar-refractivity contribution in [3.63, 3.8) is 0 Å². The zero-order valence-corrected chi connectivity index (χ0v) is 18.8. The second kappa shape index (κ2) is 16.6. The van der Waals surface area contributed by atoms with E-state index >= 15 is 0 Å². The van der Waals surface area contributed by atoms with Crippen LogP contribution in [0, 0.1) is 5.41 Å². The van der Waals surface area contributed by atoms with Crippen molar-refractivity contribution in [3.05, 3.63) is 35.9 Å². The number of carbonyl (C=O) groups is 1. The van der Waals surface area contributed by atoms with Crippen molar-refractivity contribution in [2.75, 3.05) is 0 Å². The first kappa shape index (κ1) is 26.6. The molecule has 3 N–H and O–H groups in total. The summed E-state index contributed by atoms with van der Waals surface area (Å²) in [7, 11) is 0. The molecule has 0 radical (unpaired) electrons. The molecule has 0 saturated heterocycles. The summed E-state index contributed by atoms with van der Waals surface area (Å²) in [6, 6.07) is 9.98. The standard InChI is InChI=1S/C25H42O2.H3N/c1-4-7-8-9-10-11-12-13-14-18-21-25(5-2,6-3)24(26)27-22-23-19-16-15-17-20-23;/h15-17,19-20H,4-14,18,21-22H2,1-3H3;1H3. The molecule has 0 aliphatic heterocycles. The lowest BCUT2D eigenvalue weighted by molar-refractivity contribution is -0.158. The van der Waals surface area contributed by atoms with Gasteiger partial charge in [0.25, 0.3) is 0 Å². The SMILES string of the molecule is CCCCCCCCCCCCC(CC)(CC)C(=O)OCc1ccccc1.N. The van der Waals surface area contributed by atoms with Gasteiger partial charge in [0.05, 0.1) is 5.41 Å². The third-order valence-electron chi connectivity index (χ3n) is 6.01. The maximum Gasteiger partial charge on any atom is 0.312 e. The summed E-state index contributed by atoms with van der Waals surface area (Å²) in [5.74, 6) is -0.00715. The lowest BCUT2D eigenvalue weighted by atomic mass is 9.77. The number of unbranched alkanes of at least 4 members (excludes halogenated alkanes) is 9. The number of esters is 1. The topological polar surface area (TPSA) is 61.3 Å². The molecule has 3 nitrogen and oxygen atoms in total. The smallest absolute Gasteiger partial charge is 0.312 e. The van der Waals surface area contributed by atoms with E-state index in [2.05, 4.69) is 20.8 Å². The van der Waals surface area contributed by atoms with E-state index in [-0.39, 0.29) is 17.5 Å². The first-order chi connectivity index (χ1) is 13.2. The summed E-state index contributed by atoms with van der Waals surface area (Å²) in [5.41, 5.74) is 0.764. The minimum absolute atomic E-state index is 0. The summed E-state index contributed by atoms with van der Waals surface area (Å²) in [6.45, 7) is 6.91. The molecular formula is C25H45NO2. The zero-order valence-electron chi connectivity index (χ0n) is 18.8. The highest BCUT2D eigenvalue weighted by atomic mass is 16.5. The summed E-state index contributed by atoms with van der Waals surface area (Å²) < 4.78 is 5.68. The molecule has 0 spiro atoms. The molecule has 28 heavy (non-hydrogen) atoms. The van der Waals surface area contributed by atoms with Gasteiger partial charge in [-0.25, -0.2) is 0 Å². The first-order valence-corrected chi connectivity index (χ1v) is 11.4. The molecule has 0 aliphatic carbocycles. The van der Waals surface area contributed by atoms with E-state index in [1.54, 1.807) is 0 Å². The van der Waals surface area contributed by atoms with Crippen LogP contribution in [0.2, 0.25) is 0 Å². The average Bonchev–Trinajstić information content (AvgIpc) is 2.71. The fraction of sp³-hybridized carbons (Fsp3) is 0.720. The van der Waals surface area contributed by atoms with Crippen LogP contribution in [-0.2, 0) is 16.1 Å². The second-order valence-corrected chi connectivity index (χ2v) is 7.98. The number of hydrogen-bond acceptors (Lipinski definition) is 3. The molecule has 0 amide bonds. The Morgan fingerprint density at radius 3 is 1.79 bits per heavy atom.